The van der Waals surface area contributed by atoms with Gasteiger partial charge in [-0.25, -0.2) is 26.3 Å². The summed E-state index contributed by atoms with van der Waals surface area (Å²) < 4.78 is 65.7. The quantitative estimate of drug-likeness (QED) is 0.884. The molecule has 0 amide bonds. The molecule has 2 rings (SSSR count). The van der Waals surface area contributed by atoms with E-state index in [1.54, 1.807) is 0 Å². The molecule has 1 fully saturated rings. The maximum Gasteiger partial charge on any atom is 0.246 e. The van der Waals surface area contributed by atoms with Gasteiger partial charge in [-0.15, -0.1) is 12.4 Å². The highest BCUT2D eigenvalue weighted by molar-refractivity contribution is 7.89. The molecular formula is C11H14ClF3N2O2S. The van der Waals surface area contributed by atoms with Crippen LogP contribution in [0.25, 0.3) is 0 Å². The Balaban J connectivity index is 0.00000200. The average Bonchev–Trinajstić information content (AvgIpc) is 2.27. The number of rotatable bonds is 3. The molecule has 1 aromatic carbocycles. The second kappa shape index (κ2) is 6.75. The lowest BCUT2D eigenvalue weighted by atomic mass is 10.1. The summed E-state index contributed by atoms with van der Waals surface area (Å²) in [6.07, 6.45) is 1.35. The first-order chi connectivity index (χ1) is 8.90. The van der Waals surface area contributed by atoms with Crippen LogP contribution >= 0.6 is 12.4 Å². The van der Waals surface area contributed by atoms with Crippen LogP contribution in [-0.4, -0.2) is 27.5 Å². The highest BCUT2D eigenvalue weighted by atomic mass is 35.5. The molecule has 1 aliphatic heterocycles. The zero-order valence-corrected chi connectivity index (χ0v) is 12.0. The predicted molar refractivity (Wildman–Crippen MR) is 69.8 cm³/mol. The number of piperidine rings is 1. The lowest BCUT2D eigenvalue weighted by molar-refractivity contribution is 0.424. The minimum atomic E-state index is -4.34. The zero-order valence-electron chi connectivity index (χ0n) is 10.3. The van der Waals surface area contributed by atoms with E-state index in [9.17, 15) is 21.6 Å². The fourth-order valence-electron chi connectivity index (χ4n) is 2.02. The van der Waals surface area contributed by atoms with Crippen molar-refractivity contribution in [1.82, 2.24) is 10.0 Å². The molecule has 20 heavy (non-hydrogen) atoms. The number of nitrogens with one attached hydrogen (secondary N) is 2. The number of sulfonamides is 1. The first kappa shape index (κ1) is 17.2. The van der Waals surface area contributed by atoms with Crippen LogP contribution < -0.4 is 10.0 Å². The molecule has 1 heterocycles. The Bertz CT molecular complexity index is 554. The number of halogens is 4. The van der Waals surface area contributed by atoms with Crippen LogP contribution in [0.15, 0.2) is 17.0 Å². The predicted octanol–water partition coefficient (Wildman–Crippen LogP) is 1.56. The van der Waals surface area contributed by atoms with Crippen molar-refractivity contribution in [3.05, 3.63) is 29.6 Å². The summed E-state index contributed by atoms with van der Waals surface area (Å²) in [6.45, 7) is 1.17. The Hall–Kier alpha value is -0.830. The van der Waals surface area contributed by atoms with Gasteiger partial charge in [-0.1, -0.05) is 0 Å². The van der Waals surface area contributed by atoms with Crippen LogP contribution in [0.4, 0.5) is 13.2 Å². The molecule has 0 bridgehead atoms. The maximum absolute atomic E-state index is 13.4. The second-order valence-electron chi connectivity index (χ2n) is 4.36. The van der Waals surface area contributed by atoms with Crippen molar-refractivity contribution >= 4 is 22.4 Å². The maximum atomic E-state index is 13.4. The van der Waals surface area contributed by atoms with Gasteiger partial charge in [0, 0.05) is 24.7 Å². The van der Waals surface area contributed by atoms with Crippen LogP contribution in [-0.2, 0) is 10.0 Å². The van der Waals surface area contributed by atoms with Crippen molar-refractivity contribution in [2.75, 3.05) is 13.1 Å². The van der Waals surface area contributed by atoms with Gasteiger partial charge in [-0.2, -0.15) is 0 Å². The van der Waals surface area contributed by atoms with E-state index in [0.29, 0.717) is 25.1 Å². The van der Waals surface area contributed by atoms with E-state index in [1.807, 2.05) is 0 Å². The molecule has 1 aromatic rings. The van der Waals surface area contributed by atoms with E-state index >= 15 is 0 Å². The lowest BCUT2D eigenvalue weighted by Gasteiger charge is -2.23. The fourth-order valence-corrected chi connectivity index (χ4v) is 3.41. The van der Waals surface area contributed by atoms with Crippen LogP contribution in [0.2, 0.25) is 0 Å². The summed E-state index contributed by atoms with van der Waals surface area (Å²) in [6, 6.07) is 0.260. The van der Waals surface area contributed by atoms with Crippen molar-refractivity contribution in [2.24, 2.45) is 0 Å². The van der Waals surface area contributed by atoms with Gasteiger partial charge in [0.05, 0.1) is 0 Å². The molecule has 4 nitrogen and oxygen atoms in total. The number of benzene rings is 1. The number of hydrogen-bond acceptors (Lipinski definition) is 3. The molecule has 0 spiro atoms. The van der Waals surface area contributed by atoms with Crippen LogP contribution in [0.1, 0.15) is 12.8 Å². The van der Waals surface area contributed by atoms with E-state index in [1.165, 1.54) is 0 Å². The van der Waals surface area contributed by atoms with Gasteiger partial charge < -0.3 is 5.32 Å². The number of hydrogen-bond donors (Lipinski definition) is 2. The largest absolute Gasteiger partial charge is 0.315 e. The van der Waals surface area contributed by atoms with Crippen molar-refractivity contribution in [3.8, 4) is 0 Å². The molecule has 9 heteroatoms. The molecule has 2 N–H and O–H groups in total. The normalized spacial score (nSPS) is 19.4. The summed E-state index contributed by atoms with van der Waals surface area (Å²) in [5.74, 6) is -4.03. The Morgan fingerprint density at radius 1 is 1.20 bits per heavy atom. The van der Waals surface area contributed by atoms with Gasteiger partial charge in [0.2, 0.25) is 10.0 Å². The Morgan fingerprint density at radius 3 is 2.30 bits per heavy atom. The summed E-state index contributed by atoms with van der Waals surface area (Å²) in [5, 5.41) is 2.97. The highest BCUT2D eigenvalue weighted by Crippen LogP contribution is 2.20. The monoisotopic (exact) mass is 330 g/mol. The summed E-state index contributed by atoms with van der Waals surface area (Å²) in [4.78, 5) is -1.14. The van der Waals surface area contributed by atoms with Crippen LogP contribution in [0, 0.1) is 17.5 Å². The third-order valence-corrected chi connectivity index (χ3v) is 4.42. The van der Waals surface area contributed by atoms with Crippen molar-refractivity contribution < 1.29 is 21.6 Å². The molecule has 0 aliphatic carbocycles. The average molecular weight is 331 g/mol. The fraction of sp³-hybridized carbons (Fsp3) is 0.455. The van der Waals surface area contributed by atoms with Gasteiger partial charge in [0.25, 0.3) is 0 Å². The van der Waals surface area contributed by atoms with E-state index in [4.69, 9.17) is 0 Å². The molecule has 114 valence electrons. The summed E-state index contributed by atoms with van der Waals surface area (Å²) in [7, 11) is -4.34. The Labute approximate surface area is 121 Å². The Kier molecular flexibility index (Phi) is 5.81. The molecule has 0 unspecified atom stereocenters. The molecule has 0 radical (unpaired) electrons. The topological polar surface area (TPSA) is 58.2 Å². The first-order valence-electron chi connectivity index (χ1n) is 5.78. The minimum absolute atomic E-state index is 0. The van der Waals surface area contributed by atoms with Crippen LogP contribution in [0.5, 0.6) is 0 Å². The van der Waals surface area contributed by atoms with E-state index in [0.717, 1.165) is 13.0 Å². The van der Waals surface area contributed by atoms with E-state index in [2.05, 4.69) is 10.0 Å². The van der Waals surface area contributed by atoms with Gasteiger partial charge >= 0.3 is 0 Å². The molecule has 0 aromatic heterocycles. The minimum Gasteiger partial charge on any atom is -0.315 e. The summed E-state index contributed by atoms with van der Waals surface area (Å²) in [5.41, 5.74) is 0. The van der Waals surface area contributed by atoms with Crippen molar-refractivity contribution in [1.29, 1.82) is 0 Å². The van der Waals surface area contributed by atoms with Gasteiger partial charge in [-0.05, 0) is 19.4 Å². The molecule has 0 saturated carbocycles. The standard InChI is InChI=1S/C11H13F3N2O2S.ClH/c12-7-4-9(13)11(10(14)5-7)19(17,18)16-8-2-1-3-15-6-8;/h4-5,8,15-16H,1-3,6H2;1H/t8-;/m0./s1. The molecular weight excluding hydrogens is 317 g/mol. The second-order valence-corrected chi connectivity index (χ2v) is 6.01. The van der Waals surface area contributed by atoms with Crippen molar-refractivity contribution in [2.45, 2.75) is 23.8 Å². The van der Waals surface area contributed by atoms with Gasteiger partial charge in [-0.3, -0.25) is 0 Å². The third-order valence-electron chi connectivity index (χ3n) is 2.85. The Morgan fingerprint density at radius 2 is 1.80 bits per heavy atom. The van der Waals surface area contributed by atoms with E-state index < -0.39 is 38.4 Å². The molecule has 1 aliphatic rings. The van der Waals surface area contributed by atoms with Gasteiger partial charge in [0.1, 0.15) is 17.5 Å². The summed E-state index contributed by atoms with van der Waals surface area (Å²) >= 11 is 0. The van der Waals surface area contributed by atoms with Crippen molar-refractivity contribution in [3.63, 3.8) is 0 Å². The first-order valence-corrected chi connectivity index (χ1v) is 7.26. The van der Waals surface area contributed by atoms with E-state index in [-0.39, 0.29) is 12.4 Å². The smallest absolute Gasteiger partial charge is 0.246 e. The zero-order chi connectivity index (χ0) is 14.0. The SMILES string of the molecule is Cl.O=S(=O)(N[C@H]1CCCNC1)c1c(F)cc(F)cc1F. The molecule has 1 atom stereocenters. The van der Waals surface area contributed by atoms with Crippen LogP contribution in [0.3, 0.4) is 0 Å². The lowest BCUT2D eigenvalue weighted by Crippen LogP contribution is -2.45. The third kappa shape index (κ3) is 3.85. The van der Waals surface area contributed by atoms with Gasteiger partial charge in [0.15, 0.2) is 4.90 Å². The highest BCUT2D eigenvalue weighted by Gasteiger charge is 2.28. The molecule has 1 saturated heterocycles.